The van der Waals surface area contributed by atoms with Gasteiger partial charge in [0, 0.05) is 33.8 Å². The van der Waals surface area contributed by atoms with Crippen molar-refractivity contribution in [3.63, 3.8) is 0 Å². The largest absolute Gasteiger partial charge is 0.366 e. The summed E-state index contributed by atoms with van der Waals surface area (Å²) in [6, 6.07) is 23.8. The van der Waals surface area contributed by atoms with Gasteiger partial charge < -0.3 is 15.6 Å². The van der Waals surface area contributed by atoms with Gasteiger partial charge in [-0.15, -0.1) is 11.3 Å². The summed E-state index contributed by atoms with van der Waals surface area (Å²) in [6.07, 6.45) is 0. The van der Waals surface area contributed by atoms with Crippen LogP contribution in [0.15, 0.2) is 78.2 Å². The maximum absolute atomic E-state index is 12.2. The predicted octanol–water partition coefficient (Wildman–Crippen LogP) is 5.63. The molecule has 3 N–H and O–H groups in total. The molecule has 2 heterocycles. The third-order valence-corrected chi connectivity index (χ3v) is 6.54. The number of para-hydroxylation sites is 1. The average Bonchev–Trinajstić information content (AvgIpc) is 3.41. The first-order valence-electron chi connectivity index (χ1n) is 10.3. The Hall–Kier alpha value is -3.90. The molecule has 0 fully saturated rings. The Labute approximate surface area is 189 Å². The number of nitrogens with two attached hydrogens (primary N) is 1. The number of aromatic nitrogens is 1. The Bertz CT molecular complexity index is 1480. The maximum Gasteiger partial charge on any atom is 0.249 e. The number of nitrogens with zero attached hydrogens (tertiary/aromatic N) is 1. The zero-order valence-corrected chi connectivity index (χ0v) is 18.3. The van der Waals surface area contributed by atoms with E-state index in [9.17, 15) is 9.59 Å². The predicted molar refractivity (Wildman–Crippen MR) is 131 cm³/mol. The average molecular weight is 440 g/mol. The monoisotopic (exact) mass is 439 g/mol. The number of nitrogens with one attached hydrogen (secondary N) is 1. The Morgan fingerprint density at radius 3 is 2.56 bits per heavy atom. The van der Waals surface area contributed by atoms with Crippen molar-refractivity contribution in [1.82, 2.24) is 4.57 Å². The zero-order chi connectivity index (χ0) is 22.2. The second-order valence-electron chi connectivity index (χ2n) is 7.70. The lowest BCUT2D eigenvalue weighted by Crippen LogP contribution is -2.11. The normalized spacial score (nSPS) is 11.2. The van der Waals surface area contributed by atoms with Gasteiger partial charge in [-0.3, -0.25) is 9.59 Å². The van der Waals surface area contributed by atoms with E-state index in [0.717, 1.165) is 38.6 Å². The van der Waals surface area contributed by atoms with Crippen LogP contribution in [-0.4, -0.2) is 16.4 Å². The van der Waals surface area contributed by atoms with Crippen molar-refractivity contribution in [1.29, 1.82) is 0 Å². The molecule has 158 valence electrons. The molecule has 2 aromatic heterocycles. The fourth-order valence-electron chi connectivity index (χ4n) is 4.26. The number of carbonyl (C=O) groups excluding carboxylic acids is 2. The summed E-state index contributed by atoms with van der Waals surface area (Å²) < 4.78 is 2.19. The molecule has 0 saturated heterocycles. The first-order valence-corrected chi connectivity index (χ1v) is 11.1. The lowest BCUT2D eigenvalue weighted by molar-refractivity contribution is -0.114. The van der Waals surface area contributed by atoms with Gasteiger partial charge in [-0.25, -0.2) is 0 Å². The number of benzene rings is 3. The molecule has 0 spiro atoms. The zero-order valence-electron chi connectivity index (χ0n) is 17.5. The van der Waals surface area contributed by atoms with Gasteiger partial charge >= 0.3 is 0 Å². The lowest BCUT2D eigenvalue weighted by atomic mass is 10.0. The quantitative estimate of drug-likeness (QED) is 0.372. The first kappa shape index (κ1) is 20.0. The molecular weight excluding hydrogens is 418 g/mol. The van der Waals surface area contributed by atoms with E-state index in [0.29, 0.717) is 12.1 Å². The summed E-state index contributed by atoms with van der Waals surface area (Å²) >= 11 is 1.69. The maximum atomic E-state index is 12.2. The highest BCUT2D eigenvalue weighted by Crippen LogP contribution is 2.36. The van der Waals surface area contributed by atoms with Gasteiger partial charge in [0.1, 0.15) is 0 Å². The molecule has 0 aliphatic rings. The van der Waals surface area contributed by atoms with Crippen molar-refractivity contribution in [2.45, 2.75) is 13.5 Å². The minimum Gasteiger partial charge on any atom is -0.366 e. The standard InChI is InChI=1S/C26H21N3O2S/c1-16(30)28-21-8-3-2-6-18(21)15-29-22-9-4-7-20(26(27)31)25(22)19-12-11-17(14-23(19)29)24-10-5-13-32-24/h2-14H,15H2,1H3,(H2,27,31)(H,28,30). The summed E-state index contributed by atoms with van der Waals surface area (Å²) in [5.41, 5.74) is 11.0. The Balaban J connectivity index is 1.78. The molecule has 0 atom stereocenters. The molecule has 0 bridgehead atoms. The van der Waals surface area contributed by atoms with Crippen LogP contribution >= 0.6 is 11.3 Å². The van der Waals surface area contributed by atoms with Gasteiger partial charge in [0.05, 0.1) is 17.6 Å². The molecule has 0 radical (unpaired) electrons. The second kappa shape index (κ2) is 7.98. The molecule has 5 rings (SSSR count). The van der Waals surface area contributed by atoms with Crippen LogP contribution in [0.4, 0.5) is 5.69 Å². The molecule has 0 saturated carbocycles. The van der Waals surface area contributed by atoms with E-state index < -0.39 is 5.91 Å². The molecule has 0 aliphatic carbocycles. The van der Waals surface area contributed by atoms with Crippen LogP contribution < -0.4 is 11.1 Å². The van der Waals surface area contributed by atoms with E-state index in [2.05, 4.69) is 39.5 Å². The fraction of sp³-hybridized carbons (Fsp3) is 0.0769. The minimum absolute atomic E-state index is 0.115. The van der Waals surface area contributed by atoms with Crippen molar-refractivity contribution in [3.8, 4) is 10.4 Å². The summed E-state index contributed by atoms with van der Waals surface area (Å²) in [5.74, 6) is -0.564. The van der Waals surface area contributed by atoms with Crippen molar-refractivity contribution >= 4 is 50.6 Å². The number of hydrogen-bond donors (Lipinski definition) is 2. The van der Waals surface area contributed by atoms with E-state index in [4.69, 9.17) is 5.73 Å². The Morgan fingerprint density at radius 1 is 0.969 bits per heavy atom. The van der Waals surface area contributed by atoms with Crippen molar-refractivity contribution < 1.29 is 9.59 Å². The highest BCUT2D eigenvalue weighted by Gasteiger charge is 2.18. The van der Waals surface area contributed by atoms with Crippen LogP contribution in [0.3, 0.4) is 0 Å². The van der Waals surface area contributed by atoms with Crippen LogP contribution in [0.25, 0.3) is 32.2 Å². The van der Waals surface area contributed by atoms with Gasteiger partial charge in [0.25, 0.3) is 0 Å². The smallest absolute Gasteiger partial charge is 0.249 e. The van der Waals surface area contributed by atoms with E-state index in [1.165, 1.54) is 11.8 Å². The summed E-state index contributed by atoms with van der Waals surface area (Å²) in [5, 5.41) is 6.81. The highest BCUT2D eigenvalue weighted by molar-refractivity contribution is 7.13. The number of anilines is 1. The number of hydrogen-bond acceptors (Lipinski definition) is 3. The van der Waals surface area contributed by atoms with Crippen molar-refractivity contribution in [3.05, 3.63) is 89.3 Å². The van der Waals surface area contributed by atoms with Crippen molar-refractivity contribution in [2.24, 2.45) is 5.73 Å². The van der Waals surface area contributed by atoms with Gasteiger partial charge in [-0.1, -0.05) is 42.5 Å². The van der Waals surface area contributed by atoms with E-state index in [1.807, 2.05) is 42.5 Å². The number of rotatable bonds is 5. The topological polar surface area (TPSA) is 77.1 Å². The van der Waals surface area contributed by atoms with Crippen LogP contribution in [0.5, 0.6) is 0 Å². The summed E-state index contributed by atoms with van der Waals surface area (Å²) in [4.78, 5) is 25.1. The summed E-state index contributed by atoms with van der Waals surface area (Å²) in [7, 11) is 0. The first-order chi connectivity index (χ1) is 15.5. The highest BCUT2D eigenvalue weighted by atomic mass is 32.1. The molecule has 0 unspecified atom stereocenters. The van der Waals surface area contributed by atoms with Gasteiger partial charge in [0.2, 0.25) is 11.8 Å². The van der Waals surface area contributed by atoms with E-state index in [1.54, 1.807) is 17.4 Å². The number of thiophene rings is 1. The molecule has 5 nitrogen and oxygen atoms in total. The number of amides is 2. The molecular formula is C26H21N3O2S. The van der Waals surface area contributed by atoms with Gasteiger partial charge in [0.15, 0.2) is 0 Å². The van der Waals surface area contributed by atoms with Crippen LogP contribution in [0.2, 0.25) is 0 Å². The van der Waals surface area contributed by atoms with E-state index >= 15 is 0 Å². The number of primary amides is 1. The third-order valence-electron chi connectivity index (χ3n) is 5.62. The molecule has 2 amide bonds. The molecule has 0 aliphatic heterocycles. The Morgan fingerprint density at radius 2 is 1.81 bits per heavy atom. The van der Waals surface area contributed by atoms with Crippen LogP contribution in [0.1, 0.15) is 22.8 Å². The van der Waals surface area contributed by atoms with Gasteiger partial charge in [-0.05, 0) is 46.8 Å². The molecule has 32 heavy (non-hydrogen) atoms. The fourth-order valence-corrected chi connectivity index (χ4v) is 4.98. The molecule has 6 heteroatoms. The number of fused-ring (bicyclic) bond motifs is 3. The molecule has 5 aromatic rings. The molecule has 3 aromatic carbocycles. The second-order valence-corrected chi connectivity index (χ2v) is 8.65. The van der Waals surface area contributed by atoms with Gasteiger partial charge in [-0.2, -0.15) is 0 Å². The van der Waals surface area contributed by atoms with Crippen LogP contribution in [-0.2, 0) is 11.3 Å². The number of carbonyl (C=O) groups is 2. The van der Waals surface area contributed by atoms with E-state index in [-0.39, 0.29) is 5.91 Å². The summed E-state index contributed by atoms with van der Waals surface area (Å²) in [6.45, 7) is 2.04. The van der Waals surface area contributed by atoms with Crippen molar-refractivity contribution in [2.75, 3.05) is 5.32 Å². The Kier molecular flexibility index (Phi) is 4.99. The lowest BCUT2D eigenvalue weighted by Gasteiger charge is -2.13. The SMILES string of the molecule is CC(=O)Nc1ccccc1Cn1c2cc(-c3cccs3)ccc2c2c(C(N)=O)cccc21. The third kappa shape index (κ3) is 3.44. The van der Waals surface area contributed by atoms with Crippen LogP contribution in [0, 0.1) is 0 Å². The minimum atomic E-state index is -0.448.